The Hall–Kier alpha value is -1.28. The van der Waals surface area contributed by atoms with Crippen LogP contribution in [0.2, 0.25) is 0 Å². The summed E-state index contributed by atoms with van der Waals surface area (Å²) in [5, 5.41) is 0. The van der Waals surface area contributed by atoms with E-state index in [4.69, 9.17) is 18.5 Å². The molecule has 0 aromatic rings. The van der Waals surface area contributed by atoms with Gasteiger partial charge < -0.3 is 18.9 Å². The van der Waals surface area contributed by atoms with E-state index in [2.05, 4.69) is 50.3 Å². The molecular weight excluding hydrogens is 673 g/mol. The van der Waals surface area contributed by atoms with Gasteiger partial charge in [0.15, 0.2) is 0 Å². The number of allylic oxidation sites excluding steroid dienone is 6. The molecule has 0 saturated heterocycles. The maximum absolute atomic E-state index is 12.7. The quantitative estimate of drug-likeness (QED) is 0.0219. The first-order valence-electron chi connectivity index (χ1n) is 21.2. The van der Waals surface area contributed by atoms with Crippen molar-refractivity contribution in [2.75, 3.05) is 54.1 Å². The Bertz CT molecular complexity index is 931. The van der Waals surface area contributed by atoms with Crippen LogP contribution >= 0.6 is 7.82 Å². The first-order chi connectivity index (χ1) is 25.1. The number of ether oxygens (including phenoxy) is 2. The van der Waals surface area contributed by atoms with Gasteiger partial charge in [-0.15, -0.1) is 0 Å². The summed E-state index contributed by atoms with van der Waals surface area (Å²) in [5.74, 6) is -0.330. The topological polar surface area (TPSA) is 91.3 Å². The highest BCUT2D eigenvalue weighted by molar-refractivity contribution is 7.47. The molecule has 0 aromatic carbocycles. The molecule has 0 aliphatic carbocycles. The molecule has 1 N–H and O–H groups in total. The van der Waals surface area contributed by atoms with Crippen molar-refractivity contribution in [3.63, 3.8) is 0 Å². The molecule has 0 radical (unpaired) electrons. The number of hydrogen-bond acceptors (Lipinski definition) is 6. The van der Waals surface area contributed by atoms with E-state index >= 15 is 0 Å². The Kier molecular flexibility index (Phi) is 35.8. The minimum Gasteiger partial charge on any atom is -0.457 e. The predicted molar refractivity (Wildman–Crippen MR) is 220 cm³/mol. The molecular formula is C43H83NO7P+. The van der Waals surface area contributed by atoms with Gasteiger partial charge in [0.05, 0.1) is 34.4 Å². The monoisotopic (exact) mass is 757 g/mol. The number of quaternary nitrogens is 1. The highest BCUT2D eigenvalue weighted by Gasteiger charge is 2.26. The molecule has 306 valence electrons. The van der Waals surface area contributed by atoms with Gasteiger partial charge in [0.2, 0.25) is 0 Å². The second-order valence-corrected chi connectivity index (χ2v) is 16.8. The van der Waals surface area contributed by atoms with Gasteiger partial charge in [0.1, 0.15) is 19.3 Å². The molecule has 2 atom stereocenters. The van der Waals surface area contributed by atoms with Gasteiger partial charge >= 0.3 is 13.8 Å². The second kappa shape index (κ2) is 36.7. The van der Waals surface area contributed by atoms with E-state index in [0.29, 0.717) is 24.1 Å². The zero-order chi connectivity index (χ0) is 38.4. The fraction of sp³-hybridized carbons (Fsp3) is 0.837. The lowest BCUT2D eigenvalue weighted by Gasteiger charge is -2.24. The van der Waals surface area contributed by atoms with Gasteiger partial charge in [-0.1, -0.05) is 134 Å². The van der Waals surface area contributed by atoms with Crippen LogP contribution in [0.3, 0.4) is 0 Å². The number of unbranched alkanes of at least 4 members (excludes halogenated alkanes) is 19. The third-order valence-corrected chi connectivity index (χ3v) is 9.91. The van der Waals surface area contributed by atoms with E-state index < -0.39 is 13.9 Å². The fourth-order valence-electron chi connectivity index (χ4n) is 5.58. The smallest absolute Gasteiger partial charge is 0.457 e. The first kappa shape index (κ1) is 50.7. The van der Waals surface area contributed by atoms with Crippen molar-refractivity contribution in [1.82, 2.24) is 0 Å². The van der Waals surface area contributed by atoms with Crippen molar-refractivity contribution in [3.8, 4) is 0 Å². The van der Waals surface area contributed by atoms with E-state index in [1.54, 1.807) is 0 Å². The van der Waals surface area contributed by atoms with Crippen LogP contribution in [0, 0.1) is 0 Å². The van der Waals surface area contributed by atoms with Crippen molar-refractivity contribution < 1.29 is 37.3 Å². The maximum atomic E-state index is 12.7. The van der Waals surface area contributed by atoms with Crippen LogP contribution < -0.4 is 0 Å². The molecule has 0 heterocycles. The lowest BCUT2D eigenvalue weighted by Crippen LogP contribution is -2.37. The summed E-state index contributed by atoms with van der Waals surface area (Å²) in [6, 6.07) is 0. The molecule has 9 heteroatoms. The third-order valence-electron chi connectivity index (χ3n) is 8.92. The minimum absolute atomic E-state index is 0.0843. The number of hydrogen-bond donors (Lipinski definition) is 1. The molecule has 2 unspecified atom stereocenters. The number of rotatable bonds is 39. The largest absolute Gasteiger partial charge is 0.472 e. The Morgan fingerprint density at radius 2 is 1.06 bits per heavy atom. The van der Waals surface area contributed by atoms with Gasteiger partial charge in [-0.25, -0.2) is 4.57 Å². The van der Waals surface area contributed by atoms with Gasteiger partial charge in [-0.2, -0.15) is 0 Å². The average Bonchev–Trinajstić information content (AvgIpc) is 3.09. The Labute approximate surface area is 321 Å². The lowest BCUT2D eigenvalue weighted by atomic mass is 10.1. The normalized spacial score (nSPS) is 14.2. The van der Waals surface area contributed by atoms with Crippen LogP contribution in [0.4, 0.5) is 0 Å². The zero-order valence-electron chi connectivity index (χ0n) is 34.5. The maximum Gasteiger partial charge on any atom is 0.472 e. The summed E-state index contributed by atoms with van der Waals surface area (Å²) in [6.45, 7) is 5.56. The molecule has 0 spiro atoms. The van der Waals surface area contributed by atoms with E-state index in [-0.39, 0.29) is 25.8 Å². The molecule has 0 amide bonds. The highest BCUT2D eigenvalue weighted by atomic mass is 31.2. The van der Waals surface area contributed by atoms with Gasteiger partial charge in [-0.3, -0.25) is 13.8 Å². The Morgan fingerprint density at radius 1 is 0.596 bits per heavy atom. The van der Waals surface area contributed by atoms with Crippen molar-refractivity contribution >= 4 is 13.8 Å². The summed E-state index contributed by atoms with van der Waals surface area (Å²) in [7, 11) is 1.65. The Morgan fingerprint density at radius 3 is 1.58 bits per heavy atom. The van der Waals surface area contributed by atoms with Crippen molar-refractivity contribution in [2.45, 2.75) is 180 Å². The second-order valence-electron chi connectivity index (χ2n) is 15.4. The molecule has 0 bridgehead atoms. The number of esters is 1. The molecule has 52 heavy (non-hydrogen) atoms. The van der Waals surface area contributed by atoms with Gasteiger partial charge in [-0.05, 0) is 70.6 Å². The van der Waals surface area contributed by atoms with E-state index in [9.17, 15) is 14.3 Å². The van der Waals surface area contributed by atoms with E-state index in [1.165, 1.54) is 96.3 Å². The number of nitrogens with zero attached hydrogens (tertiary/aromatic N) is 1. The molecule has 0 aromatic heterocycles. The fourth-order valence-corrected chi connectivity index (χ4v) is 6.32. The molecule has 0 rings (SSSR count). The molecule has 8 nitrogen and oxygen atoms in total. The first-order valence-corrected chi connectivity index (χ1v) is 22.7. The van der Waals surface area contributed by atoms with Crippen LogP contribution in [0.15, 0.2) is 36.5 Å². The number of carbonyl (C=O) groups excluding carboxylic acids is 1. The van der Waals surface area contributed by atoms with Crippen LogP contribution in [0.25, 0.3) is 0 Å². The summed E-state index contributed by atoms with van der Waals surface area (Å²) in [6.07, 6.45) is 41.7. The molecule has 0 aliphatic heterocycles. The van der Waals surface area contributed by atoms with Crippen LogP contribution in [0.5, 0.6) is 0 Å². The molecule has 0 aliphatic rings. The number of likely N-dealkylation sites (N-methyl/N-ethyl adjacent to an activating group) is 1. The van der Waals surface area contributed by atoms with E-state index in [1.807, 2.05) is 21.1 Å². The van der Waals surface area contributed by atoms with Crippen LogP contribution in [0.1, 0.15) is 174 Å². The highest BCUT2D eigenvalue weighted by Crippen LogP contribution is 2.43. The lowest BCUT2D eigenvalue weighted by molar-refractivity contribution is -0.870. The Balaban J connectivity index is 4.30. The number of phosphoric ester groups is 1. The van der Waals surface area contributed by atoms with E-state index in [0.717, 1.165) is 57.8 Å². The summed E-state index contributed by atoms with van der Waals surface area (Å²) in [5.41, 5.74) is 0. The SMILES string of the molecule is CCCCCC/C=C\C/C=C\CCCCCCCC(=O)OC(COCCCCCCCC/C=C\CCCCCC)COP(=O)(O)OCC[N+](C)(C)C. The summed E-state index contributed by atoms with van der Waals surface area (Å²) in [4.78, 5) is 22.8. The summed E-state index contributed by atoms with van der Waals surface area (Å²) >= 11 is 0. The third kappa shape index (κ3) is 39.9. The predicted octanol–water partition coefficient (Wildman–Crippen LogP) is 12.2. The zero-order valence-corrected chi connectivity index (χ0v) is 35.4. The van der Waals surface area contributed by atoms with Crippen molar-refractivity contribution in [1.29, 1.82) is 0 Å². The number of carbonyl (C=O) groups is 1. The van der Waals surface area contributed by atoms with Gasteiger partial charge in [0.25, 0.3) is 0 Å². The van der Waals surface area contributed by atoms with Crippen molar-refractivity contribution in [3.05, 3.63) is 36.5 Å². The van der Waals surface area contributed by atoms with Crippen LogP contribution in [-0.4, -0.2) is 75.6 Å². The van der Waals surface area contributed by atoms with Crippen LogP contribution in [-0.2, 0) is 27.9 Å². The van der Waals surface area contributed by atoms with Gasteiger partial charge in [0, 0.05) is 13.0 Å². The minimum atomic E-state index is -4.28. The molecule has 0 fully saturated rings. The molecule has 0 saturated carbocycles. The average molecular weight is 757 g/mol. The number of phosphoric acid groups is 1. The standard InChI is InChI=1S/C43H82NO7P/c1-6-8-10-12-14-16-18-20-22-23-24-26-28-30-32-34-36-43(45)51-42(41-50-52(46,47)49-39-37-44(3,4)5)40-48-38-35-33-31-29-27-25-21-19-17-15-13-11-9-7-2/h16-19,22-23,42H,6-15,20-21,24-41H2,1-5H3/p+1/b18-16-,19-17-,23-22-. The summed E-state index contributed by atoms with van der Waals surface area (Å²) < 4.78 is 34.9. The van der Waals surface area contributed by atoms with Crippen molar-refractivity contribution in [2.24, 2.45) is 0 Å².